The molecule has 0 saturated carbocycles. The van der Waals surface area contributed by atoms with E-state index in [1.807, 2.05) is 11.8 Å². The lowest BCUT2D eigenvalue weighted by Crippen LogP contribution is -2.54. The van der Waals surface area contributed by atoms with Gasteiger partial charge in [0.2, 0.25) is 0 Å². The quantitative estimate of drug-likeness (QED) is 0.841. The molecule has 1 spiro atoms. The molecule has 3 fully saturated rings. The van der Waals surface area contributed by atoms with E-state index in [4.69, 9.17) is 14.2 Å². The zero-order valence-electron chi connectivity index (χ0n) is 13.1. The summed E-state index contributed by atoms with van der Waals surface area (Å²) in [5.41, 5.74) is 0.148. The van der Waals surface area contributed by atoms with Crippen molar-refractivity contribution >= 4 is 11.8 Å². The van der Waals surface area contributed by atoms with Crippen molar-refractivity contribution in [2.45, 2.75) is 50.4 Å². The van der Waals surface area contributed by atoms with Gasteiger partial charge in [0.1, 0.15) is 0 Å². The molecule has 122 valence electrons. The molecular weight excluding hydrogens is 286 g/mol. The maximum absolute atomic E-state index is 6.18. The molecule has 0 aliphatic carbocycles. The van der Waals surface area contributed by atoms with E-state index in [2.05, 4.69) is 12.2 Å². The number of hydrogen-bond acceptors (Lipinski definition) is 5. The zero-order chi connectivity index (χ0) is 14.5. The van der Waals surface area contributed by atoms with Crippen LogP contribution in [0.1, 0.15) is 32.6 Å². The third-order valence-corrected chi connectivity index (χ3v) is 6.20. The molecule has 0 aromatic rings. The highest BCUT2D eigenvalue weighted by Crippen LogP contribution is 2.42. The summed E-state index contributed by atoms with van der Waals surface area (Å²) in [6.07, 6.45) is 4.92. The van der Waals surface area contributed by atoms with E-state index in [1.54, 1.807) is 0 Å². The van der Waals surface area contributed by atoms with Crippen molar-refractivity contribution in [3.63, 3.8) is 0 Å². The zero-order valence-corrected chi connectivity index (χ0v) is 14.0. The fourth-order valence-corrected chi connectivity index (χ4v) is 5.24. The van der Waals surface area contributed by atoms with E-state index in [0.717, 1.165) is 45.8 Å². The molecule has 4 unspecified atom stereocenters. The second-order valence-electron chi connectivity index (χ2n) is 6.55. The van der Waals surface area contributed by atoms with E-state index in [1.165, 1.54) is 24.3 Å². The van der Waals surface area contributed by atoms with Crippen LogP contribution in [0.3, 0.4) is 0 Å². The first-order valence-electron chi connectivity index (χ1n) is 8.47. The third kappa shape index (κ3) is 3.94. The van der Waals surface area contributed by atoms with Crippen LogP contribution in [0.2, 0.25) is 0 Å². The van der Waals surface area contributed by atoms with Gasteiger partial charge in [0, 0.05) is 18.4 Å². The van der Waals surface area contributed by atoms with Crippen molar-refractivity contribution in [2.75, 3.05) is 44.5 Å². The smallest absolute Gasteiger partial charge is 0.0964 e. The first-order valence-corrected chi connectivity index (χ1v) is 9.63. The number of nitrogens with one attached hydrogen (secondary N) is 1. The summed E-state index contributed by atoms with van der Waals surface area (Å²) < 4.78 is 17.8. The summed E-state index contributed by atoms with van der Waals surface area (Å²) in [6.45, 7) is 6.40. The highest BCUT2D eigenvalue weighted by atomic mass is 32.2. The van der Waals surface area contributed by atoms with Gasteiger partial charge in [-0.25, -0.2) is 0 Å². The van der Waals surface area contributed by atoms with Gasteiger partial charge < -0.3 is 19.5 Å². The molecule has 0 bridgehead atoms. The molecule has 4 atom stereocenters. The average Bonchev–Trinajstić information content (AvgIpc) is 2.97. The maximum Gasteiger partial charge on any atom is 0.0964 e. The minimum Gasteiger partial charge on any atom is -0.376 e. The fraction of sp³-hybridized carbons (Fsp3) is 1.00. The SMILES string of the molecule is CCCNC(C1CCOC2(CCSC2)C1)C1COCCO1. The highest BCUT2D eigenvalue weighted by Gasteiger charge is 2.44. The monoisotopic (exact) mass is 315 g/mol. The molecule has 0 radical (unpaired) electrons. The Hall–Kier alpha value is 0.190. The van der Waals surface area contributed by atoms with Gasteiger partial charge in [0.25, 0.3) is 0 Å². The van der Waals surface area contributed by atoms with Crippen molar-refractivity contribution in [3.05, 3.63) is 0 Å². The van der Waals surface area contributed by atoms with Gasteiger partial charge in [-0.3, -0.25) is 0 Å². The van der Waals surface area contributed by atoms with Gasteiger partial charge >= 0.3 is 0 Å². The molecule has 3 saturated heterocycles. The molecule has 0 aromatic heterocycles. The Kier molecular flexibility index (Phi) is 5.85. The third-order valence-electron chi connectivity index (χ3n) is 4.98. The Morgan fingerprint density at radius 1 is 1.33 bits per heavy atom. The van der Waals surface area contributed by atoms with Gasteiger partial charge in [0.05, 0.1) is 31.5 Å². The number of ether oxygens (including phenoxy) is 3. The van der Waals surface area contributed by atoms with Crippen LogP contribution in [0.4, 0.5) is 0 Å². The van der Waals surface area contributed by atoms with Crippen LogP contribution < -0.4 is 5.32 Å². The minimum atomic E-state index is 0.148. The highest BCUT2D eigenvalue weighted by molar-refractivity contribution is 7.99. The molecule has 21 heavy (non-hydrogen) atoms. The van der Waals surface area contributed by atoms with Crippen LogP contribution >= 0.6 is 11.8 Å². The molecule has 1 N–H and O–H groups in total. The van der Waals surface area contributed by atoms with Gasteiger partial charge in [-0.1, -0.05) is 6.92 Å². The fourth-order valence-electron chi connectivity index (χ4n) is 3.86. The molecule has 0 amide bonds. The van der Waals surface area contributed by atoms with Crippen molar-refractivity contribution in [1.82, 2.24) is 5.32 Å². The normalized spacial score (nSPS) is 38.7. The Morgan fingerprint density at radius 3 is 3.00 bits per heavy atom. The van der Waals surface area contributed by atoms with Crippen LogP contribution in [-0.2, 0) is 14.2 Å². The van der Waals surface area contributed by atoms with E-state index < -0.39 is 0 Å². The van der Waals surface area contributed by atoms with Crippen molar-refractivity contribution in [3.8, 4) is 0 Å². The van der Waals surface area contributed by atoms with Crippen LogP contribution in [0, 0.1) is 5.92 Å². The Balaban J connectivity index is 1.65. The Morgan fingerprint density at radius 2 is 2.29 bits per heavy atom. The number of hydrogen-bond donors (Lipinski definition) is 1. The first-order chi connectivity index (χ1) is 10.3. The Labute approximate surface area is 132 Å². The van der Waals surface area contributed by atoms with E-state index >= 15 is 0 Å². The summed E-state index contributed by atoms with van der Waals surface area (Å²) in [5.74, 6) is 3.07. The molecule has 4 nitrogen and oxygen atoms in total. The predicted molar refractivity (Wildman–Crippen MR) is 86.0 cm³/mol. The van der Waals surface area contributed by atoms with Gasteiger partial charge in [0.15, 0.2) is 0 Å². The lowest BCUT2D eigenvalue weighted by Gasteiger charge is -2.44. The molecule has 3 heterocycles. The van der Waals surface area contributed by atoms with E-state index in [9.17, 15) is 0 Å². The molecule has 5 heteroatoms. The van der Waals surface area contributed by atoms with Gasteiger partial charge in [-0.15, -0.1) is 0 Å². The summed E-state index contributed by atoms with van der Waals surface area (Å²) >= 11 is 2.05. The lowest BCUT2D eigenvalue weighted by molar-refractivity contribution is -0.131. The Bertz CT molecular complexity index is 317. The molecular formula is C16H29NO3S. The second-order valence-corrected chi connectivity index (χ2v) is 7.66. The van der Waals surface area contributed by atoms with Crippen LogP contribution in [0.5, 0.6) is 0 Å². The lowest BCUT2D eigenvalue weighted by atomic mass is 9.79. The number of rotatable bonds is 5. The molecule has 0 aromatic carbocycles. The minimum absolute atomic E-state index is 0.148. The first kappa shape index (κ1) is 16.1. The maximum atomic E-state index is 6.18. The molecule has 3 aliphatic heterocycles. The second kappa shape index (κ2) is 7.64. The standard InChI is InChI=1S/C16H29NO3S/c1-2-5-17-15(14-11-18-7-8-19-14)13-3-6-20-16(10-13)4-9-21-12-16/h13-15,17H,2-12H2,1H3. The summed E-state index contributed by atoms with van der Waals surface area (Å²) in [7, 11) is 0. The topological polar surface area (TPSA) is 39.7 Å². The van der Waals surface area contributed by atoms with Crippen molar-refractivity contribution < 1.29 is 14.2 Å². The molecule has 3 rings (SSSR count). The van der Waals surface area contributed by atoms with Crippen molar-refractivity contribution in [1.29, 1.82) is 0 Å². The van der Waals surface area contributed by atoms with E-state index in [0.29, 0.717) is 12.0 Å². The number of thioether (sulfide) groups is 1. The van der Waals surface area contributed by atoms with Gasteiger partial charge in [-0.05, 0) is 43.9 Å². The summed E-state index contributed by atoms with van der Waals surface area (Å²) in [5, 5.41) is 3.75. The summed E-state index contributed by atoms with van der Waals surface area (Å²) in [6, 6.07) is 0.414. The van der Waals surface area contributed by atoms with Crippen LogP contribution in [0.25, 0.3) is 0 Å². The van der Waals surface area contributed by atoms with Crippen LogP contribution in [-0.4, -0.2) is 62.2 Å². The average molecular weight is 315 g/mol. The molecule has 3 aliphatic rings. The predicted octanol–water partition coefficient (Wildman–Crippen LogP) is 2.07. The largest absolute Gasteiger partial charge is 0.376 e. The van der Waals surface area contributed by atoms with Crippen molar-refractivity contribution in [2.24, 2.45) is 5.92 Å². The van der Waals surface area contributed by atoms with Crippen LogP contribution in [0.15, 0.2) is 0 Å². The summed E-state index contributed by atoms with van der Waals surface area (Å²) in [4.78, 5) is 0. The van der Waals surface area contributed by atoms with E-state index in [-0.39, 0.29) is 11.7 Å². The van der Waals surface area contributed by atoms with Gasteiger partial charge in [-0.2, -0.15) is 11.8 Å².